The zero-order chi connectivity index (χ0) is 9.07. The second-order valence-corrected chi connectivity index (χ2v) is 5.85. The molecule has 1 saturated carbocycles. The first-order chi connectivity index (χ1) is 6.74. The Morgan fingerprint density at radius 1 is 0.429 bits per heavy atom. The number of hydrogen-bond acceptors (Lipinski definition) is 0. The van der Waals surface area contributed by atoms with Gasteiger partial charge in [-0.2, -0.15) is 0 Å². The van der Waals surface area contributed by atoms with Gasteiger partial charge in [0, 0.05) is 21.7 Å². The maximum atomic E-state index is 2.43. The van der Waals surface area contributed by atoms with Crippen LogP contribution in [0.15, 0.2) is 48.6 Å². The lowest BCUT2D eigenvalue weighted by molar-refractivity contribution is -0.0487. The molecule has 68 valence electrons. The van der Waals surface area contributed by atoms with Crippen molar-refractivity contribution in [2.75, 3.05) is 0 Å². The van der Waals surface area contributed by atoms with E-state index in [4.69, 9.17) is 0 Å². The zero-order valence-corrected chi connectivity index (χ0v) is 8.03. The summed E-state index contributed by atoms with van der Waals surface area (Å²) in [5.74, 6) is 0. The largest absolute Gasteiger partial charge is 0.0764 e. The van der Waals surface area contributed by atoms with Crippen molar-refractivity contribution in [1.29, 1.82) is 0 Å². The van der Waals surface area contributed by atoms with Crippen LogP contribution in [0.1, 0.15) is 12.8 Å². The van der Waals surface area contributed by atoms with E-state index in [-0.39, 0.29) is 0 Å². The van der Waals surface area contributed by atoms with Crippen molar-refractivity contribution >= 4 is 0 Å². The standard InChI is InChI=1S/C14H12/c1-2-12-4-3-11(1,12)9-13-5-7-14(13,10-12)8-6-13/h1-8H,9-10H2. The maximum absolute atomic E-state index is 2.43. The molecule has 0 spiro atoms. The quantitative estimate of drug-likeness (QED) is 0.503. The van der Waals surface area contributed by atoms with Crippen molar-refractivity contribution in [1.82, 2.24) is 0 Å². The molecule has 5 aliphatic carbocycles. The van der Waals surface area contributed by atoms with Gasteiger partial charge in [0.15, 0.2) is 0 Å². The van der Waals surface area contributed by atoms with E-state index in [2.05, 4.69) is 48.6 Å². The molecule has 0 bridgehead atoms. The Morgan fingerprint density at radius 2 is 0.643 bits per heavy atom. The summed E-state index contributed by atoms with van der Waals surface area (Å²) in [6.07, 6.45) is 22.1. The summed E-state index contributed by atoms with van der Waals surface area (Å²) in [6, 6.07) is 0. The minimum absolute atomic E-state index is 0.464. The predicted octanol–water partition coefficient (Wildman–Crippen LogP) is 3.01. The van der Waals surface area contributed by atoms with E-state index in [0.717, 1.165) is 0 Å². The van der Waals surface area contributed by atoms with Gasteiger partial charge in [-0.1, -0.05) is 48.6 Å². The average Bonchev–Trinajstić information content (AvgIpc) is 2.21. The third kappa shape index (κ3) is 0.335. The number of hydrogen-bond donors (Lipinski definition) is 0. The third-order valence-corrected chi connectivity index (χ3v) is 5.62. The fraction of sp³-hybridized carbons (Fsp3) is 0.429. The highest BCUT2D eigenvalue weighted by Gasteiger charge is 2.72. The summed E-state index contributed by atoms with van der Waals surface area (Å²) in [5, 5.41) is 0. The van der Waals surface area contributed by atoms with E-state index >= 15 is 0 Å². The molecule has 0 aromatic rings. The molecule has 0 N–H and O–H groups in total. The van der Waals surface area contributed by atoms with Crippen LogP contribution in [0.5, 0.6) is 0 Å². The summed E-state index contributed by atoms with van der Waals surface area (Å²) in [7, 11) is 0. The van der Waals surface area contributed by atoms with Crippen LogP contribution >= 0.6 is 0 Å². The Bertz CT molecular complexity index is 370. The molecular weight excluding hydrogens is 168 g/mol. The Labute approximate surface area is 83.7 Å². The van der Waals surface area contributed by atoms with Crippen LogP contribution in [0.25, 0.3) is 0 Å². The summed E-state index contributed by atoms with van der Waals surface area (Å²) in [6.45, 7) is 0. The van der Waals surface area contributed by atoms with Gasteiger partial charge in [0.2, 0.25) is 0 Å². The molecular formula is C14H12. The minimum atomic E-state index is 0.464. The van der Waals surface area contributed by atoms with Crippen LogP contribution < -0.4 is 0 Å². The first-order valence-electron chi connectivity index (χ1n) is 5.56. The molecule has 5 aliphatic rings. The molecule has 0 unspecified atom stereocenters. The first-order valence-corrected chi connectivity index (χ1v) is 5.56. The molecule has 0 aromatic heterocycles. The van der Waals surface area contributed by atoms with Crippen LogP contribution in [0, 0.1) is 21.7 Å². The molecule has 1 fully saturated rings. The van der Waals surface area contributed by atoms with Gasteiger partial charge in [-0.15, -0.1) is 0 Å². The SMILES string of the molecule is C1=CC23C=CC12CC12C=CC1(C=C2)C3. The van der Waals surface area contributed by atoms with E-state index in [1.165, 1.54) is 12.8 Å². The lowest BCUT2D eigenvalue weighted by atomic mass is 9.29. The van der Waals surface area contributed by atoms with E-state index < -0.39 is 0 Å². The predicted molar refractivity (Wildman–Crippen MR) is 55.5 cm³/mol. The van der Waals surface area contributed by atoms with Gasteiger partial charge in [0.05, 0.1) is 0 Å². The summed E-state index contributed by atoms with van der Waals surface area (Å²) in [5.41, 5.74) is 1.86. The average molecular weight is 180 g/mol. The third-order valence-electron chi connectivity index (χ3n) is 5.62. The van der Waals surface area contributed by atoms with Crippen LogP contribution in [0.3, 0.4) is 0 Å². The lowest BCUT2D eigenvalue weighted by Gasteiger charge is -2.74. The molecule has 0 radical (unpaired) electrons. The fourth-order valence-corrected chi connectivity index (χ4v) is 4.37. The lowest BCUT2D eigenvalue weighted by Crippen LogP contribution is -2.66. The number of rotatable bonds is 0. The molecule has 0 amide bonds. The van der Waals surface area contributed by atoms with Crippen LogP contribution in [-0.4, -0.2) is 0 Å². The Kier molecular flexibility index (Phi) is 0.609. The topological polar surface area (TPSA) is 0 Å². The normalized spacial score (nSPS) is 67.4. The monoisotopic (exact) mass is 180 g/mol. The van der Waals surface area contributed by atoms with E-state index in [1.54, 1.807) is 0 Å². The molecule has 5 rings (SSSR count). The molecule has 0 heteroatoms. The van der Waals surface area contributed by atoms with Gasteiger partial charge < -0.3 is 0 Å². The number of allylic oxidation sites excluding steroid dienone is 8. The van der Waals surface area contributed by atoms with Gasteiger partial charge >= 0.3 is 0 Å². The molecule has 0 aliphatic heterocycles. The second-order valence-electron chi connectivity index (χ2n) is 5.85. The van der Waals surface area contributed by atoms with Crippen LogP contribution in [0.4, 0.5) is 0 Å². The van der Waals surface area contributed by atoms with Crippen molar-refractivity contribution in [2.45, 2.75) is 12.8 Å². The van der Waals surface area contributed by atoms with Crippen molar-refractivity contribution in [3.8, 4) is 0 Å². The second kappa shape index (κ2) is 1.32. The van der Waals surface area contributed by atoms with E-state index in [0.29, 0.717) is 21.7 Å². The smallest absolute Gasteiger partial charge is 0.0200 e. The Hall–Kier alpha value is -1.04. The highest BCUT2D eigenvalue weighted by atomic mass is 14.7. The summed E-state index contributed by atoms with van der Waals surface area (Å²) in [4.78, 5) is 0. The highest BCUT2D eigenvalue weighted by molar-refractivity contribution is 5.58. The fourth-order valence-electron chi connectivity index (χ4n) is 4.37. The zero-order valence-electron chi connectivity index (χ0n) is 8.03. The van der Waals surface area contributed by atoms with Gasteiger partial charge in [0.25, 0.3) is 0 Å². The molecule has 0 saturated heterocycles. The van der Waals surface area contributed by atoms with Gasteiger partial charge in [-0.25, -0.2) is 0 Å². The van der Waals surface area contributed by atoms with E-state index in [9.17, 15) is 0 Å². The van der Waals surface area contributed by atoms with Crippen LogP contribution in [0.2, 0.25) is 0 Å². The van der Waals surface area contributed by atoms with Crippen molar-refractivity contribution in [3.63, 3.8) is 0 Å². The van der Waals surface area contributed by atoms with Crippen molar-refractivity contribution < 1.29 is 0 Å². The van der Waals surface area contributed by atoms with Crippen LogP contribution in [-0.2, 0) is 0 Å². The molecule has 0 atom stereocenters. The minimum Gasteiger partial charge on any atom is -0.0764 e. The molecule has 0 nitrogen and oxygen atoms in total. The molecule has 0 heterocycles. The van der Waals surface area contributed by atoms with Gasteiger partial charge in [-0.05, 0) is 12.8 Å². The summed E-state index contributed by atoms with van der Waals surface area (Å²) >= 11 is 0. The van der Waals surface area contributed by atoms with Crippen molar-refractivity contribution in [2.24, 2.45) is 21.7 Å². The molecule has 0 aromatic carbocycles. The Morgan fingerprint density at radius 3 is 0.786 bits per heavy atom. The highest BCUT2D eigenvalue weighted by Crippen LogP contribution is 2.80. The Balaban J connectivity index is 1.78. The van der Waals surface area contributed by atoms with Gasteiger partial charge in [-0.3, -0.25) is 0 Å². The van der Waals surface area contributed by atoms with Gasteiger partial charge in [0.1, 0.15) is 0 Å². The van der Waals surface area contributed by atoms with E-state index in [1.807, 2.05) is 0 Å². The maximum Gasteiger partial charge on any atom is 0.0200 e. The summed E-state index contributed by atoms with van der Waals surface area (Å²) < 4.78 is 0. The molecule has 14 heavy (non-hydrogen) atoms. The first kappa shape index (κ1) is 6.44. The van der Waals surface area contributed by atoms with Crippen molar-refractivity contribution in [3.05, 3.63) is 48.6 Å².